The summed E-state index contributed by atoms with van der Waals surface area (Å²) in [7, 11) is 0. The number of alkyl carbamates (subject to hydrolysis) is 1. The Hall–Kier alpha value is -2.89. The number of ether oxygens (including phenoxy) is 1. The number of amides is 2. The van der Waals surface area contributed by atoms with E-state index in [1.807, 2.05) is 13.8 Å². The van der Waals surface area contributed by atoms with Crippen LogP contribution in [0, 0.1) is 12.8 Å². The lowest BCUT2D eigenvalue weighted by atomic mass is 10.0. The Morgan fingerprint density at radius 2 is 1.85 bits per heavy atom. The Labute approximate surface area is 198 Å². The second-order valence-corrected chi connectivity index (χ2v) is 10.2. The highest BCUT2D eigenvalue weighted by Crippen LogP contribution is 2.28. The first-order valence-corrected chi connectivity index (χ1v) is 11.6. The van der Waals surface area contributed by atoms with Crippen LogP contribution in [0.5, 0.6) is 0 Å². The highest BCUT2D eigenvalue weighted by atomic mass is 32.1. The van der Waals surface area contributed by atoms with E-state index in [1.54, 1.807) is 27.7 Å². The van der Waals surface area contributed by atoms with Gasteiger partial charge in [0.2, 0.25) is 0 Å². The van der Waals surface area contributed by atoms with Crippen molar-refractivity contribution < 1.29 is 29.2 Å². The Morgan fingerprint density at radius 1 is 1.21 bits per heavy atom. The van der Waals surface area contributed by atoms with Crippen molar-refractivity contribution in [1.29, 1.82) is 0 Å². The average Bonchev–Trinajstić information content (AvgIpc) is 3.03. The van der Waals surface area contributed by atoms with Crippen LogP contribution in [0.25, 0.3) is 0 Å². The smallest absolute Gasteiger partial charge is 0.408 e. The molecule has 0 fully saturated rings. The summed E-state index contributed by atoms with van der Waals surface area (Å²) in [5, 5.41) is 15.4. The van der Waals surface area contributed by atoms with Crippen LogP contribution in [0.2, 0.25) is 0 Å². The zero-order chi connectivity index (χ0) is 25.3. The molecule has 1 aromatic rings. The van der Waals surface area contributed by atoms with Crippen LogP contribution < -0.4 is 27.1 Å². The lowest BCUT2D eigenvalue weighted by Gasteiger charge is -2.23. The molecule has 0 aromatic carbocycles. The van der Waals surface area contributed by atoms with Crippen LogP contribution in [-0.2, 0) is 9.53 Å². The summed E-state index contributed by atoms with van der Waals surface area (Å²) in [4.78, 5) is 44.2. The van der Waals surface area contributed by atoms with Crippen molar-refractivity contribution in [3.05, 3.63) is 15.6 Å². The molecule has 8 N–H and O–H groups in total. The van der Waals surface area contributed by atoms with Gasteiger partial charge in [0.25, 0.3) is 5.91 Å². The highest BCUT2D eigenvalue weighted by Gasteiger charge is 2.27. The summed E-state index contributed by atoms with van der Waals surface area (Å²) in [6, 6.07) is -1.51. The Bertz CT molecular complexity index is 858. The first-order chi connectivity index (χ1) is 15.2. The van der Waals surface area contributed by atoms with E-state index < -0.39 is 35.7 Å². The fraction of sp³-hybridized carbons (Fsp3) is 0.667. The number of aliphatic carboxylic acids is 1. The molecule has 186 valence electrons. The number of hydrogen-bond acceptors (Lipinski definition) is 6. The molecule has 2 atom stereocenters. The third-order valence-corrected chi connectivity index (χ3v) is 5.59. The van der Waals surface area contributed by atoms with Crippen LogP contribution in [0.15, 0.2) is 0 Å². The molecule has 0 bridgehead atoms. The number of thiazole rings is 1. The predicted molar refractivity (Wildman–Crippen MR) is 126 cm³/mol. The number of guanidine groups is 1. The summed E-state index contributed by atoms with van der Waals surface area (Å²) in [5.74, 6) is -1.37. The van der Waals surface area contributed by atoms with E-state index in [9.17, 15) is 19.5 Å². The number of carbonyl (C=O) groups is 3. The molecular formula is C21H37N6O5S+. The first-order valence-electron chi connectivity index (χ1n) is 10.8. The van der Waals surface area contributed by atoms with Gasteiger partial charge in [-0.15, -0.1) is 11.3 Å². The zero-order valence-corrected chi connectivity index (χ0v) is 21.0. The molecule has 0 unspecified atom stereocenters. The molecule has 0 spiro atoms. The number of nitrogens with two attached hydrogens (primary N) is 2. The largest absolute Gasteiger partial charge is 0.480 e. The molecule has 0 saturated carbocycles. The quantitative estimate of drug-likeness (QED) is 0.148. The highest BCUT2D eigenvalue weighted by molar-refractivity contribution is 7.13. The maximum atomic E-state index is 12.8. The number of carboxylic acid groups (broad SMARTS) is 1. The minimum atomic E-state index is -1.14. The van der Waals surface area contributed by atoms with Gasteiger partial charge in [0.05, 0.1) is 18.3 Å². The van der Waals surface area contributed by atoms with Gasteiger partial charge >= 0.3 is 18.0 Å². The number of carboxylic acids is 1. The topological polar surface area (TPSA) is 184 Å². The van der Waals surface area contributed by atoms with E-state index in [0.717, 1.165) is 11.3 Å². The molecule has 1 heterocycles. The Balaban J connectivity index is 2.97. The van der Waals surface area contributed by atoms with Crippen LogP contribution in [0.4, 0.5) is 4.79 Å². The zero-order valence-electron chi connectivity index (χ0n) is 20.2. The molecule has 0 radical (unpaired) electrons. The maximum absolute atomic E-state index is 12.8. The van der Waals surface area contributed by atoms with Gasteiger partial charge in [0.1, 0.15) is 21.5 Å². The minimum absolute atomic E-state index is 0.0506. The monoisotopic (exact) mass is 485 g/mol. The third-order valence-electron chi connectivity index (χ3n) is 4.32. The van der Waals surface area contributed by atoms with Gasteiger partial charge in [-0.05, 0) is 52.9 Å². The molecule has 0 saturated heterocycles. The maximum Gasteiger partial charge on any atom is 0.408 e. The number of rotatable bonds is 11. The van der Waals surface area contributed by atoms with Crippen molar-refractivity contribution >= 4 is 35.3 Å². The second-order valence-electron chi connectivity index (χ2n) is 9.18. The van der Waals surface area contributed by atoms with Crippen LogP contribution in [0.3, 0.4) is 0 Å². The lowest BCUT2D eigenvalue weighted by Crippen LogP contribution is -2.78. The average molecular weight is 486 g/mol. The predicted octanol–water partition coefficient (Wildman–Crippen LogP) is 0.381. The van der Waals surface area contributed by atoms with Crippen molar-refractivity contribution in [2.24, 2.45) is 17.4 Å². The number of nitrogens with zero attached hydrogens (tertiary/aromatic N) is 1. The number of aryl methyl sites for hydroxylation is 1. The van der Waals surface area contributed by atoms with Crippen molar-refractivity contribution in [3.63, 3.8) is 0 Å². The van der Waals surface area contributed by atoms with Gasteiger partial charge in [-0.2, -0.15) is 0 Å². The first kappa shape index (κ1) is 28.1. The standard InChI is InChI=1S/C21H36N6O5S/c1-11(2)10-14(27-20(31)32-21(4,5)6)17-25-12(3)15(33-17)16(28)26-13(18(29)30)8-7-9-24-19(22)23/h11,13-14H,7-10H2,1-6H3,(H,26,28)(H,27,31)(H,29,30)(H4,22,23,24)/p+1/t13-,14-/m0/s1. The van der Waals surface area contributed by atoms with E-state index in [4.69, 9.17) is 16.2 Å². The Kier molecular flexibility index (Phi) is 10.6. The van der Waals surface area contributed by atoms with Crippen LogP contribution >= 0.6 is 11.3 Å². The second kappa shape index (κ2) is 12.4. The van der Waals surface area contributed by atoms with Gasteiger partial charge < -0.3 is 20.5 Å². The number of nitrogens with one attached hydrogen (secondary N) is 3. The fourth-order valence-electron chi connectivity index (χ4n) is 2.94. The van der Waals surface area contributed by atoms with E-state index in [0.29, 0.717) is 35.0 Å². The molecular weight excluding hydrogens is 448 g/mol. The van der Waals surface area contributed by atoms with E-state index in [1.165, 1.54) is 0 Å². The number of hydrogen-bond donors (Lipinski definition) is 6. The van der Waals surface area contributed by atoms with E-state index >= 15 is 0 Å². The molecule has 2 amide bonds. The van der Waals surface area contributed by atoms with E-state index in [2.05, 4.69) is 20.6 Å². The van der Waals surface area contributed by atoms with Gasteiger partial charge in [-0.1, -0.05) is 13.8 Å². The summed E-state index contributed by atoms with van der Waals surface area (Å²) < 4.78 is 5.36. The van der Waals surface area contributed by atoms with Gasteiger partial charge in [-0.25, -0.2) is 14.6 Å². The molecule has 0 aliphatic rings. The molecule has 1 aromatic heterocycles. The summed E-state index contributed by atoms with van der Waals surface area (Å²) >= 11 is 1.13. The lowest BCUT2D eigenvalue weighted by molar-refractivity contribution is -0.459. The molecule has 12 heteroatoms. The van der Waals surface area contributed by atoms with Crippen molar-refractivity contribution in [3.8, 4) is 0 Å². The summed E-state index contributed by atoms with van der Waals surface area (Å²) in [6.07, 6.45) is 0.668. The summed E-state index contributed by atoms with van der Waals surface area (Å²) in [5.41, 5.74) is 10.4. The summed E-state index contributed by atoms with van der Waals surface area (Å²) in [6.45, 7) is 11.4. The molecule has 0 aliphatic heterocycles. The molecule has 11 nitrogen and oxygen atoms in total. The van der Waals surface area contributed by atoms with Crippen molar-refractivity contribution in [1.82, 2.24) is 15.6 Å². The van der Waals surface area contributed by atoms with Crippen LogP contribution in [-0.4, -0.2) is 52.2 Å². The molecule has 33 heavy (non-hydrogen) atoms. The normalized spacial score (nSPS) is 13.2. The Morgan fingerprint density at radius 3 is 2.36 bits per heavy atom. The van der Waals surface area contributed by atoms with Gasteiger partial charge in [0, 0.05) is 0 Å². The minimum Gasteiger partial charge on any atom is -0.480 e. The van der Waals surface area contributed by atoms with E-state index in [-0.39, 0.29) is 18.3 Å². The van der Waals surface area contributed by atoms with Crippen molar-refractivity contribution in [2.75, 3.05) is 6.54 Å². The molecule has 0 aliphatic carbocycles. The third kappa shape index (κ3) is 10.5. The molecule has 1 rings (SSSR count). The van der Waals surface area contributed by atoms with Crippen LogP contribution in [0.1, 0.15) is 80.3 Å². The van der Waals surface area contributed by atoms with Crippen molar-refractivity contribution in [2.45, 2.75) is 78.5 Å². The number of carbonyl (C=O) groups excluding carboxylic acids is 2. The SMILES string of the molecule is Cc1nc([C@H](CC(C)C)NC(=O)OC(C)(C)C)sc1C(=O)N[C@@H](CCC[NH+]=C(N)N)C(=O)O. The van der Waals surface area contributed by atoms with Gasteiger partial charge in [0.15, 0.2) is 0 Å². The number of aromatic nitrogens is 1. The fourth-order valence-corrected chi connectivity index (χ4v) is 3.97. The van der Waals surface area contributed by atoms with Gasteiger partial charge in [-0.3, -0.25) is 21.3 Å².